The Bertz CT molecular complexity index is 2200. The van der Waals surface area contributed by atoms with E-state index in [2.05, 4.69) is 144 Å². The van der Waals surface area contributed by atoms with Gasteiger partial charge in [-0.3, -0.25) is 4.57 Å². The molecule has 0 spiro atoms. The van der Waals surface area contributed by atoms with Gasteiger partial charge >= 0.3 is 0 Å². The summed E-state index contributed by atoms with van der Waals surface area (Å²) < 4.78 is 11.1. The molecule has 3 aromatic carbocycles. The fourth-order valence-corrected chi connectivity index (χ4v) is 8.53. The molecule has 0 radical (unpaired) electrons. The minimum atomic E-state index is -0.0791. The van der Waals surface area contributed by atoms with Crippen molar-refractivity contribution in [3.63, 3.8) is 0 Å². The zero-order valence-electron chi connectivity index (χ0n) is 29.6. The quantitative estimate of drug-likeness (QED) is 0.168. The maximum absolute atomic E-state index is 6.76. The maximum Gasteiger partial charge on any atom is 0.137 e. The highest BCUT2D eigenvalue weighted by molar-refractivity contribution is 7.99. The molecule has 0 saturated carbocycles. The first-order valence-electron chi connectivity index (χ1n) is 17.0. The third kappa shape index (κ3) is 5.74. The summed E-state index contributed by atoms with van der Waals surface area (Å²) >= 11 is 1.95. The monoisotopic (exact) mass is 654 g/mol. The molecule has 1 unspecified atom stereocenters. The molecule has 0 amide bonds. The largest absolute Gasteiger partial charge is 0.457 e. The Kier molecular flexibility index (Phi) is 8.27. The van der Waals surface area contributed by atoms with E-state index in [0.717, 1.165) is 39.7 Å². The molecule has 0 saturated heterocycles. The number of fused-ring (bicyclic) bond motifs is 3. The fourth-order valence-electron chi connectivity index (χ4n) is 7.69. The highest BCUT2D eigenvalue weighted by Crippen LogP contribution is 2.44. The van der Waals surface area contributed by atoms with Crippen molar-refractivity contribution in [2.75, 3.05) is 6.26 Å². The van der Waals surface area contributed by atoms with E-state index in [9.17, 15) is 0 Å². The van der Waals surface area contributed by atoms with Crippen LogP contribution in [0.2, 0.25) is 0 Å². The molecule has 3 heterocycles. The molecule has 6 aromatic rings. The summed E-state index contributed by atoms with van der Waals surface area (Å²) in [4.78, 5) is 4.76. The predicted molar refractivity (Wildman–Crippen MR) is 203 cm³/mol. The zero-order chi connectivity index (χ0) is 33.9. The molecule has 7 rings (SSSR count). The summed E-state index contributed by atoms with van der Waals surface area (Å²) in [5.74, 6) is 3.42. The van der Waals surface area contributed by atoms with E-state index < -0.39 is 0 Å². The minimum absolute atomic E-state index is 0.0791. The third-order valence-electron chi connectivity index (χ3n) is 10.1. The Balaban J connectivity index is 1.32. The van der Waals surface area contributed by atoms with Gasteiger partial charge in [0.05, 0.1) is 22.4 Å². The maximum atomic E-state index is 6.76. The molecule has 3 aromatic heterocycles. The van der Waals surface area contributed by atoms with Crippen LogP contribution in [0.4, 0.5) is 0 Å². The Morgan fingerprint density at radius 1 is 0.854 bits per heavy atom. The third-order valence-corrected chi connectivity index (χ3v) is 11.0. The number of para-hydroxylation sites is 1. The van der Waals surface area contributed by atoms with Crippen LogP contribution in [0, 0.1) is 26.7 Å². The van der Waals surface area contributed by atoms with Crippen molar-refractivity contribution in [2.24, 2.45) is 5.92 Å². The number of aromatic nitrogens is 4. The van der Waals surface area contributed by atoms with Crippen molar-refractivity contribution in [1.82, 2.24) is 19.3 Å². The van der Waals surface area contributed by atoms with Crippen LogP contribution in [-0.4, -0.2) is 30.8 Å². The lowest BCUT2D eigenvalue weighted by Crippen LogP contribution is -2.22. The molecule has 0 bridgehead atoms. The standard InChI is InChI=1S/C42H46N4OS/c1-25-16-17-43-39(18-25)45-37-13-11-10-12-35(37)36-15-14-32(24-38(36)45)47-33-22-30(42(6,7)8)21-31(23-33)46-29(5)41(28(4)44-46)40-26(2)19-34(48-9)20-27(40)3/h10-19,21-24,27,34,40H,20H2,1-9H3/t27-,34?,40+/m0/s1. The van der Waals surface area contributed by atoms with Gasteiger partial charge in [-0.25, -0.2) is 9.67 Å². The molecule has 0 fully saturated rings. The van der Waals surface area contributed by atoms with Crippen LogP contribution in [0.5, 0.6) is 11.5 Å². The smallest absolute Gasteiger partial charge is 0.137 e. The normalized spacial score (nSPS) is 18.4. The number of allylic oxidation sites excluding steroid dienone is 1. The van der Waals surface area contributed by atoms with E-state index >= 15 is 0 Å². The van der Waals surface area contributed by atoms with Gasteiger partial charge in [-0.1, -0.05) is 57.5 Å². The Labute approximate surface area is 289 Å². The first-order chi connectivity index (χ1) is 22.9. The van der Waals surface area contributed by atoms with E-state index in [-0.39, 0.29) is 5.41 Å². The minimum Gasteiger partial charge on any atom is -0.457 e. The van der Waals surface area contributed by atoms with Crippen LogP contribution in [-0.2, 0) is 5.41 Å². The van der Waals surface area contributed by atoms with Crippen LogP contribution in [0.15, 0.2) is 90.6 Å². The summed E-state index contributed by atoms with van der Waals surface area (Å²) in [6.45, 7) is 18.0. The van der Waals surface area contributed by atoms with Gasteiger partial charge in [0, 0.05) is 51.5 Å². The lowest BCUT2D eigenvalue weighted by molar-refractivity contribution is 0.453. The van der Waals surface area contributed by atoms with Gasteiger partial charge in [0.2, 0.25) is 0 Å². The zero-order valence-corrected chi connectivity index (χ0v) is 30.4. The first kappa shape index (κ1) is 32.3. The fraction of sp³-hybridized carbons (Fsp3) is 0.333. The average molecular weight is 655 g/mol. The summed E-state index contributed by atoms with van der Waals surface area (Å²) in [6, 6.07) is 25.7. The molecule has 1 aliphatic rings. The second kappa shape index (κ2) is 12.3. The van der Waals surface area contributed by atoms with Crippen molar-refractivity contribution in [3.05, 3.63) is 119 Å². The number of hydrogen-bond acceptors (Lipinski definition) is 4. The summed E-state index contributed by atoms with van der Waals surface area (Å²) in [6.07, 6.45) is 7.76. The molecule has 0 aliphatic heterocycles. The van der Waals surface area contributed by atoms with Crippen molar-refractivity contribution < 1.29 is 4.74 Å². The van der Waals surface area contributed by atoms with Gasteiger partial charge in [-0.2, -0.15) is 16.9 Å². The van der Waals surface area contributed by atoms with Crippen molar-refractivity contribution in [3.8, 4) is 23.0 Å². The van der Waals surface area contributed by atoms with Crippen LogP contribution in [0.3, 0.4) is 0 Å². The Morgan fingerprint density at radius 2 is 1.62 bits per heavy atom. The number of hydrogen-bond donors (Lipinski definition) is 0. The van der Waals surface area contributed by atoms with Gasteiger partial charge in [0.25, 0.3) is 0 Å². The van der Waals surface area contributed by atoms with Crippen molar-refractivity contribution in [1.29, 1.82) is 0 Å². The molecule has 6 heteroatoms. The topological polar surface area (TPSA) is 44.9 Å². The SMILES string of the molecule is CSC1C=C(C)[C@@H](c2c(C)nn(-c3cc(Oc4ccc5c6ccccc6n(-c6cc(C)ccn6)c5c4)cc(C(C)(C)C)c3)c2C)[C@@H](C)C1. The van der Waals surface area contributed by atoms with E-state index in [1.807, 2.05) is 24.0 Å². The van der Waals surface area contributed by atoms with Gasteiger partial charge in [-0.15, -0.1) is 0 Å². The van der Waals surface area contributed by atoms with Crippen LogP contribution in [0.1, 0.15) is 75.0 Å². The number of aryl methyl sites for hydroxylation is 2. The molecule has 5 nitrogen and oxygen atoms in total. The molecule has 0 N–H and O–H groups in total. The van der Waals surface area contributed by atoms with Gasteiger partial charge in [-0.05, 0) is 105 Å². The van der Waals surface area contributed by atoms with Crippen LogP contribution < -0.4 is 4.74 Å². The van der Waals surface area contributed by atoms with Crippen molar-refractivity contribution in [2.45, 2.75) is 78.4 Å². The molecule has 246 valence electrons. The summed E-state index contributed by atoms with van der Waals surface area (Å²) in [5, 5.41) is 8.12. The molecule has 1 aliphatic carbocycles. The number of nitrogens with zero attached hydrogens (tertiary/aromatic N) is 4. The molecule has 3 atom stereocenters. The molecule has 48 heavy (non-hydrogen) atoms. The number of ether oxygens (including phenoxy) is 1. The van der Waals surface area contributed by atoms with Crippen LogP contribution in [0.25, 0.3) is 33.3 Å². The average Bonchev–Trinajstić information content (AvgIpc) is 3.53. The summed E-state index contributed by atoms with van der Waals surface area (Å²) in [7, 11) is 0. The van der Waals surface area contributed by atoms with E-state index in [4.69, 9.17) is 14.8 Å². The van der Waals surface area contributed by atoms with Crippen molar-refractivity contribution >= 4 is 33.6 Å². The van der Waals surface area contributed by atoms with Crippen LogP contribution >= 0.6 is 11.8 Å². The molecular formula is C42H46N4OS. The predicted octanol–water partition coefficient (Wildman–Crippen LogP) is 11.2. The second-order valence-electron chi connectivity index (χ2n) is 14.7. The number of thioether (sulfide) groups is 1. The van der Waals surface area contributed by atoms with Gasteiger partial charge in [0.1, 0.15) is 17.3 Å². The number of rotatable bonds is 6. The van der Waals surface area contributed by atoms with E-state index in [0.29, 0.717) is 17.1 Å². The number of pyridine rings is 1. The van der Waals surface area contributed by atoms with Gasteiger partial charge in [0.15, 0.2) is 0 Å². The van der Waals surface area contributed by atoms with E-state index in [1.165, 1.54) is 45.2 Å². The van der Waals surface area contributed by atoms with E-state index in [1.54, 1.807) is 0 Å². The Hall–Kier alpha value is -4.29. The first-order valence-corrected chi connectivity index (χ1v) is 18.3. The van der Waals surface area contributed by atoms with Gasteiger partial charge < -0.3 is 4.74 Å². The highest BCUT2D eigenvalue weighted by Gasteiger charge is 2.32. The highest BCUT2D eigenvalue weighted by atomic mass is 32.2. The lowest BCUT2D eigenvalue weighted by Gasteiger charge is -2.33. The number of benzene rings is 3. The summed E-state index contributed by atoms with van der Waals surface area (Å²) in [5.41, 5.74) is 10.6. The lowest BCUT2D eigenvalue weighted by atomic mass is 9.75. The molecular weight excluding hydrogens is 609 g/mol. The Morgan fingerprint density at radius 3 is 2.35 bits per heavy atom. The second-order valence-corrected chi connectivity index (χ2v) is 15.7.